The Morgan fingerprint density at radius 2 is 1.94 bits per heavy atom. The van der Waals surface area contributed by atoms with E-state index in [1.54, 1.807) is 6.26 Å². The Kier molecular flexibility index (Phi) is 8.25. The van der Waals surface area contributed by atoms with Gasteiger partial charge in [-0.3, -0.25) is 0 Å². The van der Waals surface area contributed by atoms with Crippen molar-refractivity contribution < 1.29 is 24.2 Å². The van der Waals surface area contributed by atoms with Gasteiger partial charge >= 0.3 is 11.9 Å². The highest BCUT2D eigenvalue weighted by atomic mass is 16.4. The molecule has 0 aliphatic rings. The number of nitrogens with zero attached hydrogens (tertiary/aromatic N) is 1. The summed E-state index contributed by atoms with van der Waals surface area (Å²) >= 11 is 0. The number of carboxylic acid groups (broad SMARTS) is 2. The molecular weight excluding hydrogens is 240 g/mol. The largest absolute Gasteiger partial charge is 0.473 e. The number of aliphatic carboxylic acids is 2. The quantitative estimate of drug-likeness (QED) is 0.508. The molecule has 0 amide bonds. The fourth-order valence-corrected chi connectivity index (χ4v) is 0.927. The molecule has 7 heteroatoms. The number of carbonyl (C=O) groups is 2. The van der Waals surface area contributed by atoms with Gasteiger partial charge in [0.05, 0.1) is 12.8 Å². The van der Waals surface area contributed by atoms with E-state index in [1.165, 1.54) is 0 Å². The molecule has 0 atom stereocenters. The lowest BCUT2D eigenvalue weighted by atomic mass is 10.4. The molecule has 102 valence electrons. The lowest BCUT2D eigenvalue weighted by Gasteiger charge is -2.08. The molecule has 0 aliphatic carbocycles. The van der Waals surface area contributed by atoms with Gasteiger partial charge in [-0.05, 0) is 26.2 Å². The van der Waals surface area contributed by atoms with Gasteiger partial charge < -0.3 is 24.8 Å². The molecule has 7 nitrogen and oxygen atoms in total. The molecule has 0 bridgehead atoms. The minimum absolute atomic E-state index is 0.820. The summed E-state index contributed by atoms with van der Waals surface area (Å²) in [5, 5.41) is 18.1. The SMILES string of the molecule is CN(C)CCNCc1ccco1.O=C(O)C(=O)O. The normalized spacial score (nSPS) is 9.72. The predicted molar refractivity (Wildman–Crippen MR) is 64.2 cm³/mol. The molecule has 0 aromatic carbocycles. The van der Waals surface area contributed by atoms with Gasteiger partial charge in [0.1, 0.15) is 5.76 Å². The molecule has 3 N–H and O–H groups in total. The van der Waals surface area contributed by atoms with Gasteiger partial charge in [-0.1, -0.05) is 0 Å². The van der Waals surface area contributed by atoms with Crippen molar-refractivity contribution in [2.45, 2.75) is 6.54 Å². The molecule has 1 rings (SSSR count). The first-order chi connectivity index (χ1) is 8.43. The van der Waals surface area contributed by atoms with E-state index >= 15 is 0 Å². The summed E-state index contributed by atoms with van der Waals surface area (Å²) < 4.78 is 5.16. The highest BCUT2D eigenvalue weighted by molar-refractivity contribution is 6.27. The highest BCUT2D eigenvalue weighted by Crippen LogP contribution is 1.97. The van der Waals surface area contributed by atoms with Crippen LogP contribution in [0.1, 0.15) is 5.76 Å². The summed E-state index contributed by atoms with van der Waals surface area (Å²) in [6.07, 6.45) is 1.70. The third-order valence-corrected chi connectivity index (χ3v) is 1.80. The summed E-state index contributed by atoms with van der Waals surface area (Å²) in [6, 6.07) is 3.88. The predicted octanol–water partition coefficient (Wildman–Crippen LogP) is 0.0864. The molecule has 0 unspecified atom stereocenters. The van der Waals surface area contributed by atoms with Crippen molar-refractivity contribution in [2.75, 3.05) is 27.2 Å². The molecule has 0 saturated carbocycles. The Hall–Kier alpha value is -1.86. The lowest BCUT2D eigenvalue weighted by molar-refractivity contribution is -0.159. The van der Waals surface area contributed by atoms with E-state index in [0.717, 1.165) is 25.4 Å². The molecule has 0 radical (unpaired) electrons. The van der Waals surface area contributed by atoms with Gasteiger partial charge in [0.15, 0.2) is 0 Å². The molecule has 1 heterocycles. The van der Waals surface area contributed by atoms with Crippen molar-refractivity contribution in [3.05, 3.63) is 24.2 Å². The Morgan fingerprint density at radius 3 is 2.33 bits per heavy atom. The van der Waals surface area contributed by atoms with Crippen molar-refractivity contribution in [3.8, 4) is 0 Å². The molecule has 0 fully saturated rings. The number of rotatable bonds is 5. The van der Waals surface area contributed by atoms with E-state index in [0.29, 0.717) is 0 Å². The monoisotopic (exact) mass is 258 g/mol. The number of furan rings is 1. The van der Waals surface area contributed by atoms with Crippen LogP contribution in [0.2, 0.25) is 0 Å². The highest BCUT2D eigenvalue weighted by Gasteiger charge is 2.04. The number of hydrogen-bond acceptors (Lipinski definition) is 5. The minimum Gasteiger partial charge on any atom is -0.473 e. The second-order valence-corrected chi connectivity index (χ2v) is 3.67. The van der Waals surface area contributed by atoms with E-state index in [2.05, 4.69) is 24.3 Å². The molecule has 1 aromatic heterocycles. The zero-order valence-electron chi connectivity index (χ0n) is 10.4. The second kappa shape index (κ2) is 9.20. The third kappa shape index (κ3) is 9.37. The van der Waals surface area contributed by atoms with Crippen molar-refractivity contribution in [2.24, 2.45) is 0 Å². The molecule has 1 aromatic rings. The summed E-state index contributed by atoms with van der Waals surface area (Å²) in [6.45, 7) is 2.87. The van der Waals surface area contributed by atoms with Crippen LogP contribution in [0, 0.1) is 0 Å². The van der Waals surface area contributed by atoms with Gasteiger partial charge in [-0.25, -0.2) is 9.59 Å². The summed E-state index contributed by atoms with van der Waals surface area (Å²) in [7, 11) is 4.13. The standard InChI is InChI=1S/C9H16N2O.C2H2O4/c1-11(2)6-5-10-8-9-4-3-7-12-9;3-1(4)2(5)6/h3-4,7,10H,5-6,8H2,1-2H3;(H,3,4)(H,5,6). The smallest absolute Gasteiger partial charge is 0.414 e. The fraction of sp³-hybridized carbons (Fsp3) is 0.455. The van der Waals surface area contributed by atoms with Crippen LogP contribution in [0.15, 0.2) is 22.8 Å². The summed E-state index contributed by atoms with van der Waals surface area (Å²) in [4.78, 5) is 20.3. The van der Waals surface area contributed by atoms with Crippen molar-refractivity contribution in [3.63, 3.8) is 0 Å². The first-order valence-electron chi connectivity index (χ1n) is 5.27. The Bertz CT molecular complexity index is 336. The van der Waals surface area contributed by atoms with E-state index in [1.807, 2.05) is 12.1 Å². The second-order valence-electron chi connectivity index (χ2n) is 3.67. The van der Waals surface area contributed by atoms with Gasteiger partial charge in [0.25, 0.3) is 0 Å². The van der Waals surface area contributed by atoms with Crippen molar-refractivity contribution in [1.82, 2.24) is 10.2 Å². The van der Waals surface area contributed by atoms with Crippen LogP contribution in [-0.2, 0) is 16.1 Å². The maximum atomic E-state index is 9.10. The van der Waals surface area contributed by atoms with E-state index in [-0.39, 0.29) is 0 Å². The summed E-state index contributed by atoms with van der Waals surface area (Å²) in [5.41, 5.74) is 0. The first-order valence-corrected chi connectivity index (χ1v) is 5.27. The van der Waals surface area contributed by atoms with Crippen LogP contribution in [0.25, 0.3) is 0 Å². The Morgan fingerprint density at radius 1 is 1.33 bits per heavy atom. The van der Waals surface area contributed by atoms with E-state index in [9.17, 15) is 0 Å². The first kappa shape index (κ1) is 16.1. The number of carboxylic acids is 2. The van der Waals surface area contributed by atoms with Gasteiger partial charge in [0, 0.05) is 13.1 Å². The van der Waals surface area contributed by atoms with Gasteiger partial charge in [-0.15, -0.1) is 0 Å². The average molecular weight is 258 g/mol. The van der Waals surface area contributed by atoms with Crippen LogP contribution >= 0.6 is 0 Å². The number of hydrogen-bond donors (Lipinski definition) is 3. The lowest BCUT2D eigenvalue weighted by Crippen LogP contribution is -2.25. The van der Waals surface area contributed by atoms with Crippen LogP contribution in [0.4, 0.5) is 0 Å². The Balaban J connectivity index is 0.000000411. The number of likely N-dealkylation sites (N-methyl/N-ethyl adjacent to an activating group) is 1. The van der Waals surface area contributed by atoms with Crippen LogP contribution < -0.4 is 5.32 Å². The Labute approximate surface area is 105 Å². The van der Waals surface area contributed by atoms with Gasteiger partial charge in [-0.2, -0.15) is 0 Å². The molecular formula is C11H18N2O5. The minimum atomic E-state index is -1.82. The van der Waals surface area contributed by atoms with E-state index < -0.39 is 11.9 Å². The number of nitrogens with one attached hydrogen (secondary N) is 1. The summed E-state index contributed by atoms with van der Waals surface area (Å²) in [5.74, 6) is -2.65. The van der Waals surface area contributed by atoms with Crippen molar-refractivity contribution >= 4 is 11.9 Å². The van der Waals surface area contributed by atoms with Crippen LogP contribution in [0.3, 0.4) is 0 Å². The molecule has 18 heavy (non-hydrogen) atoms. The molecule has 0 saturated heterocycles. The average Bonchev–Trinajstić information content (AvgIpc) is 2.77. The molecule has 0 aliphatic heterocycles. The maximum absolute atomic E-state index is 9.10. The molecule has 0 spiro atoms. The zero-order chi connectivity index (χ0) is 14.0. The topological polar surface area (TPSA) is 103 Å². The van der Waals surface area contributed by atoms with Crippen LogP contribution in [0.5, 0.6) is 0 Å². The van der Waals surface area contributed by atoms with Crippen molar-refractivity contribution in [1.29, 1.82) is 0 Å². The maximum Gasteiger partial charge on any atom is 0.414 e. The zero-order valence-corrected chi connectivity index (χ0v) is 10.4. The van der Waals surface area contributed by atoms with E-state index in [4.69, 9.17) is 24.2 Å². The van der Waals surface area contributed by atoms with Crippen LogP contribution in [-0.4, -0.2) is 54.2 Å². The fourth-order valence-electron chi connectivity index (χ4n) is 0.927. The van der Waals surface area contributed by atoms with Gasteiger partial charge in [0.2, 0.25) is 0 Å². The third-order valence-electron chi connectivity index (χ3n) is 1.80.